The highest BCUT2D eigenvalue weighted by atomic mass is 16.2. The monoisotopic (exact) mass is 637 g/mol. The topological polar surface area (TPSA) is 92.8 Å². The van der Waals surface area contributed by atoms with E-state index in [1.165, 1.54) is 11.1 Å². The summed E-state index contributed by atoms with van der Waals surface area (Å²) >= 11 is 0. The Hall–Kier alpha value is -3.95. The number of urea groups is 2. The smallest absolute Gasteiger partial charge is 0.323 e. The van der Waals surface area contributed by atoms with Gasteiger partial charge in [0, 0.05) is 23.8 Å². The maximum Gasteiger partial charge on any atom is 0.323 e. The van der Waals surface area contributed by atoms with Crippen molar-refractivity contribution in [1.29, 1.82) is 0 Å². The van der Waals surface area contributed by atoms with E-state index in [0.717, 1.165) is 69.3 Å². The molecule has 250 valence electrons. The molecule has 2 saturated heterocycles. The summed E-state index contributed by atoms with van der Waals surface area (Å²) in [5.74, 6) is 0.777. The fourth-order valence-corrected chi connectivity index (χ4v) is 8.57. The second-order valence-corrected chi connectivity index (χ2v) is 14.6. The quantitative estimate of drug-likeness (QED) is 0.331. The number of hydrogen-bond donors (Lipinski definition) is 3. The molecular formula is C38H51N7O2. The van der Waals surface area contributed by atoms with Crippen LogP contribution in [0.4, 0.5) is 15.4 Å². The van der Waals surface area contributed by atoms with Crippen LogP contribution in [0, 0.1) is 6.92 Å². The Bertz CT molecular complexity index is 1540. The van der Waals surface area contributed by atoms with Gasteiger partial charge in [0.2, 0.25) is 0 Å². The van der Waals surface area contributed by atoms with E-state index in [0.29, 0.717) is 6.54 Å². The SMILES string of the molecule is CN(C)C1(c2ccccc2)CCC2(CC1)CNC(=O)N2.Cc1cccnc1N1CC2(CCC(c3ccccc3)(N(C)C)CC2)NC1=O. The van der Waals surface area contributed by atoms with Crippen LogP contribution in [0.3, 0.4) is 0 Å². The van der Waals surface area contributed by atoms with Crippen molar-refractivity contribution >= 4 is 17.9 Å². The molecule has 2 saturated carbocycles. The molecule has 2 aliphatic carbocycles. The fourth-order valence-electron chi connectivity index (χ4n) is 8.57. The number of aromatic nitrogens is 1. The Kier molecular flexibility index (Phi) is 9.06. The summed E-state index contributed by atoms with van der Waals surface area (Å²) in [7, 11) is 8.66. The van der Waals surface area contributed by atoms with Gasteiger partial charge in [-0.1, -0.05) is 66.7 Å². The van der Waals surface area contributed by atoms with Gasteiger partial charge >= 0.3 is 12.1 Å². The fraction of sp³-hybridized carbons (Fsp3) is 0.500. The molecule has 1 aromatic heterocycles. The highest BCUT2D eigenvalue weighted by Crippen LogP contribution is 2.47. The van der Waals surface area contributed by atoms with Gasteiger partial charge in [-0.2, -0.15) is 0 Å². The molecule has 4 amide bonds. The third-order valence-electron chi connectivity index (χ3n) is 11.7. The van der Waals surface area contributed by atoms with Crippen LogP contribution in [0.2, 0.25) is 0 Å². The molecule has 3 heterocycles. The lowest BCUT2D eigenvalue weighted by molar-refractivity contribution is 0.0652. The first-order valence-corrected chi connectivity index (χ1v) is 17.1. The van der Waals surface area contributed by atoms with Crippen molar-refractivity contribution in [2.24, 2.45) is 0 Å². The minimum atomic E-state index is -0.157. The molecule has 2 spiro atoms. The van der Waals surface area contributed by atoms with E-state index in [9.17, 15) is 9.59 Å². The highest BCUT2D eigenvalue weighted by molar-refractivity contribution is 5.95. The minimum absolute atomic E-state index is 0.0120. The number of amides is 4. The molecule has 2 aliphatic heterocycles. The van der Waals surface area contributed by atoms with Gasteiger partial charge < -0.3 is 16.0 Å². The van der Waals surface area contributed by atoms with Crippen LogP contribution in [-0.2, 0) is 11.1 Å². The first-order valence-electron chi connectivity index (χ1n) is 17.1. The van der Waals surface area contributed by atoms with Gasteiger partial charge in [-0.05, 0) is 109 Å². The number of anilines is 1. The van der Waals surface area contributed by atoms with Crippen molar-refractivity contribution in [1.82, 2.24) is 30.7 Å². The lowest BCUT2D eigenvalue weighted by Crippen LogP contribution is -2.54. The number of rotatable bonds is 5. The van der Waals surface area contributed by atoms with Gasteiger partial charge in [0.25, 0.3) is 0 Å². The van der Waals surface area contributed by atoms with Crippen molar-refractivity contribution in [3.8, 4) is 0 Å². The maximum atomic E-state index is 12.7. The van der Waals surface area contributed by atoms with Crippen LogP contribution < -0.4 is 20.9 Å². The summed E-state index contributed by atoms with van der Waals surface area (Å²) < 4.78 is 0. The van der Waals surface area contributed by atoms with Gasteiger partial charge in [0.15, 0.2) is 0 Å². The number of aryl methyl sites for hydroxylation is 1. The van der Waals surface area contributed by atoms with Gasteiger partial charge in [-0.25, -0.2) is 14.6 Å². The van der Waals surface area contributed by atoms with E-state index in [1.807, 2.05) is 24.0 Å². The molecular weight excluding hydrogens is 586 g/mol. The molecule has 7 rings (SSSR count). The zero-order chi connectivity index (χ0) is 33.3. The van der Waals surface area contributed by atoms with E-state index >= 15 is 0 Å². The normalized spacial score (nSPS) is 30.2. The van der Waals surface area contributed by atoms with Crippen molar-refractivity contribution in [2.75, 3.05) is 46.2 Å². The summed E-state index contributed by atoms with van der Waals surface area (Å²) in [5, 5.41) is 9.34. The number of nitrogens with zero attached hydrogens (tertiary/aromatic N) is 4. The molecule has 0 radical (unpaired) electrons. The average Bonchev–Trinajstić information content (AvgIpc) is 3.61. The summed E-state index contributed by atoms with van der Waals surface area (Å²) in [6, 6.07) is 25.4. The summed E-state index contributed by atoms with van der Waals surface area (Å²) in [6.45, 7) is 3.47. The Morgan fingerprint density at radius 1 is 0.660 bits per heavy atom. The number of carbonyl (C=O) groups excluding carboxylic acids is 2. The number of carbonyl (C=O) groups is 2. The van der Waals surface area contributed by atoms with Crippen LogP contribution in [0.5, 0.6) is 0 Å². The number of benzene rings is 2. The average molecular weight is 638 g/mol. The van der Waals surface area contributed by atoms with Crippen LogP contribution in [-0.4, -0.2) is 79.2 Å². The van der Waals surface area contributed by atoms with Crippen LogP contribution in [0.25, 0.3) is 0 Å². The van der Waals surface area contributed by atoms with Crippen LogP contribution in [0.15, 0.2) is 79.0 Å². The maximum absolute atomic E-state index is 12.7. The Balaban J connectivity index is 0.000000172. The lowest BCUT2D eigenvalue weighted by Gasteiger charge is -2.48. The predicted octanol–water partition coefficient (Wildman–Crippen LogP) is 5.76. The van der Waals surface area contributed by atoms with E-state index < -0.39 is 0 Å². The number of nitrogens with one attached hydrogen (secondary N) is 3. The highest BCUT2D eigenvalue weighted by Gasteiger charge is 2.51. The van der Waals surface area contributed by atoms with Crippen LogP contribution in [0.1, 0.15) is 68.1 Å². The molecule has 3 N–H and O–H groups in total. The van der Waals surface area contributed by atoms with Crippen molar-refractivity contribution in [3.63, 3.8) is 0 Å². The molecule has 4 aliphatic rings. The molecule has 0 unspecified atom stereocenters. The van der Waals surface area contributed by atoms with E-state index in [4.69, 9.17) is 0 Å². The van der Waals surface area contributed by atoms with Gasteiger partial charge in [-0.15, -0.1) is 0 Å². The molecule has 0 bridgehead atoms. The van der Waals surface area contributed by atoms with Gasteiger partial charge in [0.05, 0.1) is 17.6 Å². The summed E-state index contributed by atoms with van der Waals surface area (Å²) in [6.07, 6.45) is 9.95. The zero-order valence-electron chi connectivity index (χ0n) is 28.7. The van der Waals surface area contributed by atoms with Crippen molar-refractivity contribution in [2.45, 2.75) is 80.4 Å². The van der Waals surface area contributed by atoms with Crippen molar-refractivity contribution in [3.05, 3.63) is 95.7 Å². The van der Waals surface area contributed by atoms with Gasteiger partial charge in [-0.3, -0.25) is 14.7 Å². The summed E-state index contributed by atoms with van der Waals surface area (Å²) in [4.78, 5) is 35.1. The third kappa shape index (κ3) is 6.23. The van der Waals surface area contributed by atoms with E-state index in [2.05, 4.69) is 120 Å². The molecule has 0 atom stereocenters. The largest absolute Gasteiger partial charge is 0.336 e. The molecule has 47 heavy (non-hydrogen) atoms. The molecule has 3 aromatic rings. The number of pyridine rings is 1. The van der Waals surface area contributed by atoms with Crippen molar-refractivity contribution < 1.29 is 9.59 Å². The first kappa shape index (κ1) is 33.0. The molecule has 2 aromatic carbocycles. The van der Waals surface area contributed by atoms with E-state index in [-0.39, 0.29) is 34.2 Å². The zero-order valence-corrected chi connectivity index (χ0v) is 28.7. The second kappa shape index (κ2) is 12.9. The Labute approximate surface area is 280 Å². The first-order chi connectivity index (χ1) is 22.5. The van der Waals surface area contributed by atoms with E-state index in [1.54, 1.807) is 6.20 Å². The number of hydrogen-bond acceptors (Lipinski definition) is 5. The Morgan fingerprint density at radius 3 is 1.62 bits per heavy atom. The minimum Gasteiger partial charge on any atom is -0.336 e. The molecule has 9 nitrogen and oxygen atoms in total. The standard InChI is InChI=1S/C22H28N4O.C16H23N3O/c1-17-8-7-15-23-19(17)26-16-21(24-20(26)27)11-13-22(14-12-21,25(2)3)18-9-5-4-6-10-18;1-19(2)16(13-6-4-3-5-7-13)10-8-15(9-11-16)12-17-14(20)18-15/h4-10,15H,11-14,16H2,1-3H3,(H,24,27);3-7H,8-12H2,1-2H3,(H2,17,18,20). The third-order valence-corrected chi connectivity index (χ3v) is 11.7. The van der Waals surface area contributed by atoms with Gasteiger partial charge in [0.1, 0.15) is 5.82 Å². The summed E-state index contributed by atoms with van der Waals surface area (Å²) in [5.41, 5.74) is 3.74. The molecule has 4 fully saturated rings. The van der Waals surface area contributed by atoms with Crippen LogP contribution >= 0.6 is 0 Å². The lowest BCUT2D eigenvalue weighted by atomic mass is 9.69. The second-order valence-electron chi connectivity index (χ2n) is 14.6. The molecule has 9 heteroatoms. The Morgan fingerprint density at radius 2 is 1.17 bits per heavy atom. The predicted molar refractivity (Wildman–Crippen MR) is 187 cm³/mol.